The number of fused-ring (bicyclic) bond motifs is 2. The van der Waals surface area contributed by atoms with E-state index in [1.54, 1.807) is 0 Å². The van der Waals surface area contributed by atoms with Crippen molar-refractivity contribution in [2.45, 2.75) is 89.8 Å². The second kappa shape index (κ2) is 13.8. The SMILES string of the molecule is CCCCCC(=S)NCC(=O)NCC[C@H]1[C@@H](CC=CCCCC(=O)O)[C@H]2CC[C@@H]1O2. The highest BCUT2D eigenvalue weighted by Gasteiger charge is 2.47. The van der Waals surface area contributed by atoms with Crippen LogP contribution in [0.2, 0.25) is 0 Å². The average molecular weight is 439 g/mol. The van der Waals surface area contributed by atoms with Gasteiger partial charge in [0.15, 0.2) is 0 Å². The Hall–Kier alpha value is -1.47. The van der Waals surface area contributed by atoms with Crippen molar-refractivity contribution in [3.63, 3.8) is 0 Å². The van der Waals surface area contributed by atoms with Crippen LogP contribution in [0, 0.1) is 11.8 Å². The summed E-state index contributed by atoms with van der Waals surface area (Å²) < 4.78 is 6.14. The van der Waals surface area contributed by atoms with E-state index in [0.717, 1.165) is 56.4 Å². The number of carbonyl (C=O) groups is 2. The van der Waals surface area contributed by atoms with E-state index in [0.29, 0.717) is 37.0 Å². The Bertz CT molecular complexity index is 596. The van der Waals surface area contributed by atoms with E-state index >= 15 is 0 Å². The largest absolute Gasteiger partial charge is 0.481 e. The van der Waals surface area contributed by atoms with Crippen molar-refractivity contribution in [3.05, 3.63) is 12.2 Å². The molecule has 0 aromatic heterocycles. The molecule has 0 radical (unpaired) electrons. The molecule has 0 aromatic rings. The van der Waals surface area contributed by atoms with Gasteiger partial charge < -0.3 is 20.5 Å². The average Bonchev–Trinajstić information content (AvgIpc) is 3.31. The Morgan fingerprint density at radius 3 is 2.57 bits per heavy atom. The molecule has 6 nitrogen and oxygen atoms in total. The molecule has 0 spiro atoms. The third kappa shape index (κ3) is 8.72. The van der Waals surface area contributed by atoms with Crippen LogP contribution in [-0.4, -0.2) is 47.3 Å². The zero-order chi connectivity index (χ0) is 21.8. The third-order valence-corrected chi connectivity index (χ3v) is 6.53. The van der Waals surface area contributed by atoms with Gasteiger partial charge in [0.1, 0.15) is 0 Å². The van der Waals surface area contributed by atoms with Crippen LogP contribution < -0.4 is 10.6 Å². The van der Waals surface area contributed by atoms with Gasteiger partial charge >= 0.3 is 5.97 Å². The lowest BCUT2D eigenvalue weighted by Gasteiger charge is -2.27. The Morgan fingerprint density at radius 2 is 1.83 bits per heavy atom. The van der Waals surface area contributed by atoms with E-state index in [1.165, 1.54) is 6.42 Å². The number of allylic oxidation sites excluding steroid dienone is 2. The molecule has 170 valence electrons. The van der Waals surface area contributed by atoms with Crippen molar-refractivity contribution in [2.75, 3.05) is 13.1 Å². The molecule has 3 N–H and O–H groups in total. The molecular weight excluding hydrogens is 400 g/mol. The van der Waals surface area contributed by atoms with Crippen LogP contribution in [0.1, 0.15) is 77.6 Å². The highest BCUT2D eigenvalue weighted by molar-refractivity contribution is 7.80. The summed E-state index contributed by atoms with van der Waals surface area (Å²) in [5, 5.41) is 14.8. The van der Waals surface area contributed by atoms with Crippen molar-refractivity contribution >= 4 is 29.1 Å². The van der Waals surface area contributed by atoms with E-state index < -0.39 is 5.97 Å². The molecule has 2 fully saturated rings. The van der Waals surface area contributed by atoms with Crippen LogP contribution >= 0.6 is 12.2 Å². The van der Waals surface area contributed by atoms with E-state index in [9.17, 15) is 9.59 Å². The fourth-order valence-corrected chi connectivity index (χ4v) is 4.80. The van der Waals surface area contributed by atoms with Gasteiger partial charge in [0, 0.05) is 13.0 Å². The Kier molecular flexibility index (Phi) is 11.4. The summed E-state index contributed by atoms with van der Waals surface area (Å²) >= 11 is 5.27. The molecule has 4 atom stereocenters. The van der Waals surface area contributed by atoms with Crippen LogP contribution in [0.4, 0.5) is 0 Å². The van der Waals surface area contributed by atoms with Crippen LogP contribution in [0.3, 0.4) is 0 Å². The highest BCUT2D eigenvalue weighted by Crippen LogP contribution is 2.46. The number of nitrogens with one attached hydrogen (secondary N) is 2. The van der Waals surface area contributed by atoms with E-state index in [1.807, 2.05) is 0 Å². The molecule has 2 bridgehead atoms. The second-order valence-electron chi connectivity index (χ2n) is 8.48. The molecule has 1 amide bonds. The molecule has 7 heteroatoms. The number of unbranched alkanes of at least 4 members (excludes halogenated alkanes) is 3. The van der Waals surface area contributed by atoms with Gasteiger partial charge in [-0.05, 0) is 63.2 Å². The van der Waals surface area contributed by atoms with Crippen LogP contribution in [-0.2, 0) is 14.3 Å². The lowest BCUT2D eigenvalue weighted by atomic mass is 9.76. The lowest BCUT2D eigenvalue weighted by molar-refractivity contribution is -0.137. The first kappa shape index (κ1) is 24.8. The Morgan fingerprint density at radius 1 is 1.07 bits per heavy atom. The molecule has 0 saturated carbocycles. The predicted octanol–water partition coefficient (Wildman–Crippen LogP) is 3.98. The first-order valence-corrected chi connectivity index (χ1v) is 12.0. The van der Waals surface area contributed by atoms with E-state index in [2.05, 4.69) is 29.7 Å². The maximum absolute atomic E-state index is 12.1. The van der Waals surface area contributed by atoms with Crippen molar-refractivity contribution in [3.8, 4) is 0 Å². The van der Waals surface area contributed by atoms with Gasteiger partial charge in [-0.1, -0.05) is 44.1 Å². The van der Waals surface area contributed by atoms with E-state index in [4.69, 9.17) is 22.1 Å². The molecular formula is C23H38N2O4S. The van der Waals surface area contributed by atoms with Crippen LogP contribution in [0.25, 0.3) is 0 Å². The summed E-state index contributed by atoms with van der Waals surface area (Å²) in [4.78, 5) is 23.4. The number of thiocarbonyl (C=S) groups is 1. The first-order chi connectivity index (χ1) is 14.5. The van der Waals surface area contributed by atoms with Gasteiger partial charge in [0.2, 0.25) is 5.91 Å². The van der Waals surface area contributed by atoms with Crippen molar-refractivity contribution in [2.24, 2.45) is 11.8 Å². The van der Waals surface area contributed by atoms with Gasteiger partial charge in [0.05, 0.1) is 23.7 Å². The number of carboxylic acids is 1. The molecule has 0 unspecified atom stereocenters. The molecule has 30 heavy (non-hydrogen) atoms. The quantitative estimate of drug-likeness (QED) is 0.204. The number of carbonyl (C=O) groups excluding carboxylic acids is 1. The van der Waals surface area contributed by atoms with Crippen molar-refractivity contribution in [1.82, 2.24) is 10.6 Å². The van der Waals surface area contributed by atoms with Gasteiger partial charge in [-0.25, -0.2) is 0 Å². The van der Waals surface area contributed by atoms with Gasteiger partial charge in [-0.15, -0.1) is 0 Å². The lowest BCUT2D eigenvalue weighted by Crippen LogP contribution is -2.38. The predicted molar refractivity (Wildman–Crippen MR) is 122 cm³/mol. The van der Waals surface area contributed by atoms with Crippen LogP contribution in [0.15, 0.2) is 12.2 Å². The molecule has 0 aromatic carbocycles. The standard InChI is InChI=1S/C23H38N2O4S/c1-2-3-6-10-22(30)25-16-21(26)24-15-14-18-17(19-12-13-20(18)29-19)9-7-4-5-8-11-23(27)28/h4,7,17-20H,2-3,5-6,8-16H2,1H3,(H,24,26)(H,25,30)(H,27,28)/t17-,18+,19-,20+/m1/s1. The number of rotatable bonds is 15. The maximum atomic E-state index is 12.1. The normalized spacial score (nSPS) is 25.0. The Balaban J connectivity index is 1.64. The highest BCUT2D eigenvalue weighted by atomic mass is 32.1. The molecule has 2 aliphatic rings. The maximum Gasteiger partial charge on any atom is 0.303 e. The number of carboxylic acid groups (broad SMARTS) is 1. The van der Waals surface area contributed by atoms with Gasteiger partial charge in [0.25, 0.3) is 0 Å². The minimum atomic E-state index is -0.736. The topological polar surface area (TPSA) is 87.7 Å². The molecule has 2 heterocycles. The molecule has 2 aliphatic heterocycles. The fraction of sp³-hybridized carbons (Fsp3) is 0.783. The van der Waals surface area contributed by atoms with Crippen molar-refractivity contribution < 1.29 is 19.4 Å². The monoisotopic (exact) mass is 438 g/mol. The summed E-state index contributed by atoms with van der Waals surface area (Å²) in [6.07, 6.45) is 15.1. The van der Waals surface area contributed by atoms with Gasteiger partial charge in [-0.2, -0.15) is 0 Å². The third-order valence-electron chi connectivity index (χ3n) is 6.18. The Labute approximate surface area is 186 Å². The molecule has 2 rings (SSSR count). The van der Waals surface area contributed by atoms with E-state index in [-0.39, 0.29) is 18.9 Å². The summed E-state index contributed by atoms with van der Waals surface area (Å²) in [5.74, 6) is 0.240. The van der Waals surface area contributed by atoms with Crippen LogP contribution in [0.5, 0.6) is 0 Å². The number of ether oxygens (including phenoxy) is 1. The number of hydrogen-bond acceptors (Lipinski definition) is 4. The summed E-state index contributed by atoms with van der Waals surface area (Å²) in [5.41, 5.74) is 0. The number of hydrogen-bond donors (Lipinski definition) is 3. The summed E-state index contributed by atoms with van der Waals surface area (Å²) in [6.45, 7) is 3.08. The number of amides is 1. The summed E-state index contributed by atoms with van der Waals surface area (Å²) in [7, 11) is 0. The second-order valence-corrected chi connectivity index (χ2v) is 8.98. The minimum absolute atomic E-state index is 0.00760. The fourth-order valence-electron chi connectivity index (χ4n) is 4.58. The first-order valence-electron chi connectivity index (χ1n) is 11.6. The van der Waals surface area contributed by atoms with Crippen molar-refractivity contribution in [1.29, 1.82) is 0 Å². The smallest absolute Gasteiger partial charge is 0.303 e. The zero-order valence-corrected chi connectivity index (χ0v) is 19.1. The van der Waals surface area contributed by atoms with Gasteiger partial charge in [-0.3, -0.25) is 9.59 Å². The molecule has 2 saturated heterocycles. The number of aliphatic carboxylic acids is 1. The molecule has 0 aliphatic carbocycles. The summed E-state index contributed by atoms with van der Waals surface area (Å²) in [6, 6.07) is 0. The zero-order valence-electron chi connectivity index (χ0n) is 18.2. The minimum Gasteiger partial charge on any atom is -0.481 e.